The van der Waals surface area contributed by atoms with Gasteiger partial charge in [-0.2, -0.15) is 4.98 Å². The van der Waals surface area contributed by atoms with Crippen molar-refractivity contribution >= 4 is 40.0 Å². The standard InChI is InChI=1S/C27H31FN6O3/c1-3-17-9-6-7-14-34(17)23(35)15-21(32-27-31-19-11-4-5-13-22(19)37-27)26(36)29-16(2)25-30-20-12-8-10-18(28)24(20)33-25/h4-5,8,10-13,16-17,21H,3,6-7,9,14-15H2,1-2H3,(H,29,36)(H,30,33)(H,31,32)/t16-,17?,21?/m0/s1. The highest BCUT2D eigenvalue weighted by Gasteiger charge is 2.31. The van der Waals surface area contributed by atoms with Gasteiger partial charge in [-0.15, -0.1) is 0 Å². The van der Waals surface area contributed by atoms with Gasteiger partial charge in [0.1, 0.15) is 22.9 Å². The van der Waals surface area contributed by atoms with Crippen molar-refractivity contribution in [2.75, 3.05) is 11.9 Å². The molecule has 1 aliphatic heterocycles. The van der Waals surface area contributed by atoms with Gasteiger partial charge in [0.15, 0.2) is 11.4 Å². The zero-order valence-corrected chi connectivity index (χ0v) is 21.0. The van der Waals surface area contributed by atoms with E-state index in [4.69, 9.17) is 4.42 Å². The Kier molecular flexibility index (Phi) is 7.07. The number of para-hydroxylation sites is 3. The van der Waals surface area contributed by atoms with Crippen LogP contribution in [0.1, 0.15) is 57.8 Å². The Morgan fingerprint density at radius 1 is 1.19 bits per heavy atom. The molecule has 1 fully saturated rings. The fraction of sp³-hybridized carbons (Fsp3) is 0.407. The van der Waals surface area contributed by atoms with E-state index in [9.17, 15) is 14.0 Å². The Bertz CT molecular complexity index is 1380. The topological polar surface area (TPSA) is 116 Å². The molecule has 2 amide bonds. The molecular formula is C27H31FN6O3. The molecule has 3 atom stereocenters. The number of aromatic nitrogens is 3. The average Bonchev–Trinajstić information content (AvgIpc) is 3.53. The van der Waals surface area contributed by atoms with Crippen LogP contribution >= 0.6 is 0 Å². The third-order valence-corrected chi connectivity index (χ3v) is 6.96. The number of nitrogens with one attached hydrogen (secondary N) is 3. The van der Waals surface area contributed by atoms with E-state index in [0.29, 0.717) is 29.0 Å². The first kappa shape index (κ1) is 24.7. The normalized spacial score (nSPS) is 17.6. The van der Waals surface area contributed by atoms with Gasteiger partial charge in [-0.1, -0.05) is 25.1 Å². The molecule has 194 valence electrons. The Labute approximate surface area is 213 Å². The van der Waals surface area contributed by atoms with Crippen LogP contribution < -0.4 is 10.6 Å². The number of hydrogen-bond donors (Lipinski definition) is 3. The van der Waals surface area contributed by atoms with Crippen LogP contribution in [0, 0.1) is 5.82 Å². The summed E-state index contributed by atoms with van der Waals surface area (Å²) in [6, 6.07) is 10.8. The Morgan fingerprint density at radius 3 is 2.81 bits per heavy atom. The van der Waals surface area contributed by atoms with Crippen molar-refractivity contribution in [3.05, 3.63) is 54.1 Å². The van der Waals surface area contributed by atoms with Gasteiger partial charge in [0.2, 0.25) is 11.8 Å². The summed E-state index contributed by atoms with van der Waals surface area (Å²) < 4.78 is 19.9. The second-order valence-electron chi connectivity index (χ2n) is 9.52. The fourth-order valence-corrected chi connectivity index (χ4v) is 4.94. The Morgan fingerprint density at radius 2 is 2.03 bits per heavy atom. The van der Waals surface area contributed by atoms with Crippen LogP contribution in [0.3, 0.4) is 0 Å². The Balaban J connectivity index is 1.36. The van der Waals surface area contributed by atoms with E-state index in [0.717, 1.165) is 25.7 Å². The van der Waals surface area contributed by atoms with Gasteiger partial charge in [-0.05, 0) is 56.9 Å². The van der Waals surface area contributed by atoms with Crippen molar-refractivity contribution in [1.29, 1.82) is 0 Å². The molecule has 0 bridgehead atoms. The number of nitrogens with zero attached hydrogens (tertiary/aromatic N) is 3. The van der Waals surface area contributed by atoms with E-state index in [-0.39, 0.29) is 29.9 Å². The van der Waals surface area contributed by atoms with Crippen LogP contribution in [-0.2, 0) is 9.59 Å². The van der Waals surface area contributed by atoms with E-state index in [1.165, 1.54) is 6.07 Å². The summed E-state index contributed by atoms with van der Waals surface area (Å²) in [6.07, 6.45) is 3.85. The van der Waals surface area contributed by atoms with Crippen LogP contribution in [0.15, 0.2) is 46.9 Å². The average molecular weight is 507 g/mol. The number of likely N-dealkylation sites (tertiary alicyclic amines) is 1. The van der Waals surface area contributed by atoms with Crippen LogP contribution in [-0.4, -0.2) is 50.3 Å². The first-order valence-electron chi connectivity index (χ1n) is 12.8. The number of anilines is 1. The summed E-state index contributed by atoms with van der Waals surface area (Å²) in [7, 11) is 0. The van der Waals surface area contributed by atoms with E-state index in [1.807, 2.05) is 23.1 Å². The van der Waals surface area contributed by atoms with Crippen molar-refractivity contribution in [1.82, 2.24) is 25.2 Å². The second-order valence-corrected chi connectivity index (χ2v) is 9.52. The van der Waals surface area contributed by atoms with Crippen LogP contribution in [0.5, 0.6) is 0 Å². The van der Waals surface area contributed by atoms with Crippen molar-refractivity contribution in [2.24, 2.45) is 0 Å². The quantitative estimate of drug-likeness (QED) is 0.320. The monoisotopic (exact) mass is 506 g/mol. The Hall–Kier alpha value is -3.95. The summed E-state index contributed by atoms with van der Waals surface area (Å²) in [4.78, 5) is 40.5. The molecule has 0 radical (unpaired) electrons. The van der Waals surface area contributed by atoms with Crippen molar-refractivity contribution < 1.29 is 18.4 Å². The molecule has 4 aromatic rings. The van der Waals surface area contributed by atoms with Crippen molar-refractivity contribution in [2.45, 2.75) is 64.1 Å². The molecule has 0 aliphatic carbocycles. The molecule has 5 rings (SSSR count). The number of amides is 2. The van der Waals surface area contributed by atoms with Crippen molar-refractivity contribution in [3.8, 4) is 0 Å². The summed E-state index contributed by atoms with van der Waals surface area (Å²) in [5, 5.41) is 5.94. The van der Waals surface area contributed by atoms with Crippen LogP contribution in [0.4, 0.5) is 10.4 Å². The molecule has 1 aliphatic rings. The number of aromatic amines is 1. The SMILES string of the molecule is CCC1CCCCN1C(=O)CC(Nc1nc2ccccc2o1)C(=O)N[C@@H](C)c1nc2c(F)cccc2[nH]1. The number of rotatable bonds is 8. The van der Waals surface area contributed by atoms with Gasteiger partial charge in [-0.25, -0.2) is 9.37 Å². The molecule has 3 N–H and O–H groups in total. The summed E-state index contributed by atoms with van der Waals surface area (Å²) in [6.45, 7) is 4.52. The summed E-state index contributed by atoms with van der Waals surface area (Å²) in [5.41, 5.74) is 1.99. The van der Waals surface area contributed by atoms with Crippen LogP contribution in [0.25, 0.3) is 22.1 Å². The number of halogens is 1. The molecule has 0 spiro atoms. The maximum atomic E-state index is 14.1. The first-order valence-corrected chi connectivity index (χ1v) is 12.8. The van der Waals surface area contributed by atoms with Gasteiger partial charge in [0.05, 0.1) is 18.0 Å². The van der Waals surface area contributed by atoms with Crippen LogP contribution in [0.2, 0.25) is 0 Å². The molecule has 10 heteroatoms. The summed E-state index contributed by atoms with van der Waals surface area (Å²) >= 11 is 0. The number of benzene rings is 2. The number of hydrogen-bond acceptors (Lipinski definition) is 6. The number of imidazole rings is 1. The van der Waals surface area contributed by atoms with Gasteiger partial charge in [0.25, 0.3) is 6.01 Å². The van der Waals surface area contributed by atoms with Crippen molar-refractivity contribution in [3.63, 3.8) is 0 Å². The predicted molar refractivity (Wildman–Crippen MR) is 138 cm³/mol. The van der Waals surface area contributed by atoms with E-state index in [2.05, 4.69) is 32.5 Å². The van der Waals surface area contributed by atoms with E-state index >= 15 is 0 Å². The molecular weight excluding hydrogens is 475 g/mol. The third kappa shape index (κ3) is 5.28. The van der Waals surface area contributed by atoms with E-state index < -0.39 is 23.8 Å². The number of fused-ring (bicyclic) bond motifs is 2. The molecule has 3 heterocycles. The van der Waals surface area contributed by atoms with Gasteiger partial charge in [-0.3, -0.25) is 9.59 Å². The van der Waals surface area contributed by atoms with Gasteiger partial charge >= 0.3 is 0 Å². The molecule has 37 heavy (non-hydrogen) atoms. The molecule has 9 nitrogen and oxygen atoms in total. The second kappa shape index (κ2) is 10.6. The number of piperidine rings is 1. The maximum Gasteiger partial charge on any atom is 0.296 e. The zero-order chi connectivity index (χ0) is 25.9. The predicted octanol–water partition coefficient (Wildman–Crippen LogP) is 4.68. The number of carbonyl (C=O) groups is 2. The maximum absolute atomic E-state index is 14.1. The lowest BCUT2D eigenvalue weighted by Gasteiger charge is -2.36. The highest BCUT2D eigenvalue weighted by atomic mass is 19.1. The molecule has 2 aromatic heterocycles. The fourth-order valence-electron chi connectivity index (χ4n) is 4.94. The summed E-state index contributed by atoms with van der Waals surface area (Å²) in [5.74, 6) is -0.517. The minimum absolute atomic E-state index is 0.0530. The third-order valence-electron chi connectivity index (χ3n) is 6.96. The number of H-pyrrole nitrogens is 1. The molecule has 0 saturated carbocycles. The lowest BCUT2D eigenvalue weighted by molar-refractivity contribution is -0.137. The van der Waals surface area contributed by atoms with Gasteiger partial charge < -0.3 is 24.9 Å². The lowest BCUT2D eigenvalue weighted by Crippen LogP contribution is -2.48. The molecule has 1 saturated heterocycles. The molecule has 2 unspecified atom stereocenters. The highest BCUT2D eigenvalue weighted by molar-refractivity contribution is 5.91. The lowest BCUT2D eigenvalue weighted by atomic mass is 9.99. The number of carbonyl (C=O) groups excluding carboxylic acids is 2. The number of oxazole rings is 1. The molecule has 2 aromatic carbocycles. The van der Waals surface area contributed by atoms with E-state index in [1.54, 1.807) is 25.1 Å². The minimum Gasteiger partial charge on any atom is -0.424 e. The smallest absolute Gasteiger partial charge is 0.296 e. The first-order chi connectivity index (χ1) is 17.9. The largest absolute Gasteiger partial charge is 0.424 e. The van der Waals surface area contributed by atoms with Gasteiger partial charge in [0, 0.05) is 12.6 Å². The minimum atomic E-state index is -0.927. The zero-order valence-electron chi connectivity index (χ0n) is 21.0. The highest BCUT2D eigenvalue weighted by Crippen LogP contribution is 2.24.